The van der Waals surface area contributed by atoms with Gasteiger partial charge in [0, 0.05) is 17.9 Å². The zero-order valence-corrected chi connectivity index (χ0v) is 12.3. The number of rotatable bonds is 3. The van der Waals surface area contributed by atoms with Crippen molar-refractivity contribution in [2.75, 3.05) is 0 Å². The standard InChI is InChI=1S/C9H12N6O2S.BrH/c10-8(13-11)9(14-12)18-5-6-1-3-7(4-2-6)15(16)17;/h1-4H,5,11-12H2,(H2,10,13);1H/b14-9-;. The fraction of sp³-hybridized carbons (Fsp3) is 0.111. The SMILES string of the molecule is Br.N/N=C(N)/C(=N/N)SCc1ccc([N+](=O)[O-])cc1. The first kappa shape index (κ1) is 17.2. The zero-order chi connectivity index (χ0) is 13.5. The molecule has 1 aromatic rings. The van der Waals surface area contributed by atoms with Crippen LogP contribution in [0.25, 0.3) is 0 Å². The molecular formula is C9H13BrN6O2S. The molecule has 0 amide bonds. The molecule has 0 atom stereocenters. The van der Waals surface area contributed by atoms with Crippen molar-refractivity contribution in [3.8, 4) is 0 Å². The maximum absolute atomic E-state index is 10.5. The molecule has 0 aromatic heterocycles. The minimum Gasteiger partial charge on any atom is -0.380 e. The number of thioether (sulfide) groups is 1. The van der Waals surface area contributed by atoms with Gasteiger partial charge < -0.3 is 17.4 Å². The molecule has 6 N–H and O–H groups in total. The van der Waals surface area contributed by atoms with Crippen LogP contribution in [0.15, 0.2) is 34.5 Å². The molecule has 0 aliphatic rings. The Hall–Kier alpha value is -1.81. The van der Waals surface area contributed by atoms with Gasteiger partial charge in [-0.15, -0.1) is 17.0 Å². The van der Waals surface area contributed by atoms with Crippen LogP contribution in [0.1, 0.15) is 5.56 Å². The first-order valence-corrected chi connectivity index (χ1v) is 5.74. The lowest BCUT2D eigenvalue weighted by molar-refractivity contribution is -0.384. The Morgan fingerprint density at radius 3 is 2.26 bits per heavy atom. The Morgan fingerprint density at radius 2 is 1.84 bits per heavy atom. The molecule has 1 rings (SSSR count). The fourth-order valence-corrected chi connectivity index (χ4v) is 1.87. The van der Waals surface area contributed by atoms with Crippen LogP contribution >= 0.6 is 28.7 Å². The number of amidine groups is 1. The molecule has 0 unspecified atom stereocenters. The predicted octanol–water partition coefficient (Wildman–Crippen LogP) is 0.909. The summed E-state index contributed by atoms with van der Waals surface area (Å²) in [7, 11) is 0. The molecule has 10 heteroatoms. The highest BCUT2D eigenvalue weighted by molar-refractivity contribution is 8.93. The van der Waals surface area contributed by atoms with Crippen molar-refractivity contribution in [3.05, 3.63) is 39.9 Å². The quantitative estimate of drug-likeness (QED) is 0.243. The molecule has 0 aliphatic heterocycles. The normalized spacial score (nSPS) is 11.8. The van der Waals surface area contributed by atoms with Crippen LogP contribution in [-0.2, 0) is 5.75 Å². The van der Waals surface area contributed by atoms with Gasteiger partial charge in [-0.25, -0.2) is 0 Å². The number of halogens is 1. The zero-order valence-electron chi connectivity index (χ0n) is 9.72. The summed E-state index contributed by atoms with van der Waals surface area (Å²) in [4.78, 5) is 10.0. The second-order valence-electron chi connectivity index (χ2n) is 3.16. The van der Waals surface area contributed by atoms with Crippen molar-refractivity contribution < 1.29 is 4.92 Å². The second-order valence-corrected chi connectivity index (χ2v) is 4.12. The number of hydrazone groups is 2. The average Bonchev–Trinajstić information content (AvgIpc) is 2.39. The Morgan fingerprint density at radius 1 is 1.26 bits per heavy atom. The van der Waals surface area contributed by atoms with Crippen LogP contribution in [0.3, 0.4) is 0 Å². The van der Waals surface area contributed by atoms with Crippen molar-refractivity contribution in [2.24, 2.45) is 27.6 Å². The van der Waals surface area contributed by atoms with E-state index in [9.17, 15) is 10.1 Å². The van der Waals surface area contributed by atoms with Crippen molar-refractivity contribution in [1.82, 2.24) is 0 Å². The molecule has 0 heterocycles. The highest BCUT2D eigenvalue weighted by atomic mass is 79.9. The van der Waals surface area contributed by atoms with Crippen molar-refractivity contribution >= 4 is 45.3 Å². The smallest absolute Gasteiger partial charge is 0.269 e. The van der Waals surface area contributed by atoms with Crippen molar-refractivity contribution in [1.29, 1.82) is 0 Å². The lowest BCUT2D eigenvalue weighted by Crippen LogP contribution is -2.24. The molecule has 0 saturated carbocycles. The number of nitro benzene ring substituents is 1. The third-order valence-corrected chi connectivity index (χ3v) is 3.06. The summed E-state index contributed by atoms with van der Waals surface area (Å²) in [6.45, 7) is 0. The van der Waals surface area contributed by atoms with E-state index in [0.29, 0.717) is 10.8 Å². The van der Waals surface area contributed by atoms with Gasteiger partial charge in [-0.2, -0.15) is 10.2 Å². The van der Waals surface area contributed by atoms with Gasteiger partial charge in [-0.1, -0.05) is 23.9 Å². The number of hydrogen-bond donors (Lipinski definition) is 3. The molecule has 0 radical (unpaired) electrons. The van der Waals surface area contributed by atoms with Gasteiger partial charge in [0.15, 0.2) is 10.9 Å². The van der Waals surface area contributed by atoms with E-state index in [-0.39, 0.29) is 28.5 Å². The number of hydrogen-bond acceptors (Lipinski definition) is 7. The molecular weight excluding hydrogens is 336 g/mol. The predicted molar refractivity (Wildman–Crippen MR) is 82.1 cm³/mol. The van der Waals surface area contributed by atoms with E-state index in [1.807, 2.05) is 0 Å². The summed E-state index contributed by atoms with van der Waals surface area (Å²) >= 11 is 1.24. The molecule has 0 spiro atoms. The molecule has 0 aliphatic carbocycles. The van der Waals surface area contributed by atoms with Crippen LogP contribution in [0, 0.1) is 10.1 Å². The van der Waals surface area contributed by atoms with Crippen molar-refractivity contribution in [2.45, 2.75) is 5.75 Å². The third kappa shape index (κ3) is 5.14. The molecule has 104 valence electrons. The molecule has 0 fully saturated rings. The highest BCUT2D eigenvalue weighted by Crippen LogP contribution is 2.17. The third-order valence-electron chi connectivity index (χ3n) is 2.00. The molecule has 0 saturated heterocycles. The number of non-ortho nitro benzene ring substituents is 1. The van der Waals surface area contributed by atoms with E-state index in [1.165, 1.54) is 23.9 Å². The molecule has 19 heavy (non-hydrogen) atoms. The van der Waals surface area contributed by atoms with Gasteiger partial charge in [0.2, 0.25) is 0 Å². The monoisotopic (exact) mass is 348 g/mol. The summed E-state index contributed by atoms with van der Waals surface area (Å²) in [6.07, 6.45) is 0. The lowest BCUT2D eigenvalue weighted by Gasteiger charge is -2.03. The molecule has 1 aromatic carbocycles. The topological polar surface area (TPSA) is 146 Å². The van der Waals surface area contributed by atoms with E-state index in [2.05, 4.69) is 10.2 Å². The summed E-state index contributed by atoms with van der Waals surface area (Å²) in [5.74, 6) is 10.7. The Labute approximate surface area is 124 Å². The summed E-state index contributed by atoms with van der Waals surface area (Å²) in [6, 6.07) is 6.15. The van der Waals surface area contributed by atoms with Gasteiger partial charge >= 0.3 is 0 Å². The summed E-state index contributed by atoms with van der Waals surface area (Å²) in [5.41, 5.74) is 6.37. The molecule has 0 bridgehead atoms. The van der Waals surface area contributed by atoms with E-state index in [0.717, 1.165) is 5.56 Å². The summed E-state index contributed by atoms with van der Waals surface area (Å²) < 4.78 is 0. The van der Waals surface area contributed by atoms with Gasteiger partial charge in [-0.3, -0.25) is 10.1 Å². The van der Waals surface area contributed by atoms with Crippen LogP contribution in [0.2, 0.25) is 0 Å². The highest BCUT2D eigenvalue weighted by Gasteiger charge is 2.08. The van der Waals surface area contributed by atoms with E-state index >= 15 is 0 Å². The molecule has 8 nitrogen and oxygen atoms in total. The van der Waals surface area contributed by atoms with Gasteiger partial charge in [-0.05, 0) is 5.56 Å². The van der Waals surface area contributed by atoms with Crippen LogP contribution in [-0.4, -0.2) is 15.8 Å². The lowest BCUT2D eigenvalue weighted by atomic mass is 10.2. The maximum atomic E-state index is 10.5. The average molecular weight is 349 g/mol. The summed E-state index contributed by atoms with van der Waals surface area (Å²) in [5, 5.41) is 17.5. The number of nitro groups is 1. The minimum absolute atomic E-state index is 0. The van der Waals surface area contributed by atoms with E-state index in [1.54, 1.807) is 12.1 Å². The Bertz CT molecular complexity index is 490. The minimum atomic E-state index is -0.456. The maximum Gasteiger partial charge on any atom is 0.269 e. The number of benzene rings is 1. The Kier molecular flexibility index (Phi) is 7.53. The first-order valence-electron chi connectivity index (χ1n) is 4.76. The Balaban J connectivity index is 0.00000324. The van der Waals surface area contributed by atoms with E-state index < -0.39 is 4.92 Å². The van der Waals surface area contributed by atoms with Gasteiger partial charge in [0.25, 0.3) is 5.69 Å². The van der Waals surface area contributed by atoms with Crippen LogP contribution < -0.4 is 17.4 Å². The van der Waals surface area contributed by atoms with Crippen LogP contribution in [0.5, 0.6) is 0 Å². The van der Waals surface area contributed by atoms with Gasteiger partial charge in [0.1, 0.15) is 0 Å². The van der Waals surface area contributed by atoms with Crippen LogP contribution in [0.4, 0.5) is 5.69 Å². The number of nitrogens with zero attached hydrogens (tertiary/aromatic N) is 3. The van der Waals surface area contributed by atoms with Gasteiger partial charge in [0.05, 0.1) is 4.92 Å². The second kappa shape index (κ2) is 8.32. The van der Waals surface area contributed by atoms with E-state index in [4.69, 9.17) is 17.4 Å². The number of nitrogens with two attached hydrogens (primary N) is 3. The fourth-order valence-electron chi connectivity index (χ4n) is 1.10. The first-order chi connectivity index (χ1) is 8.58. The largest absolute Gasteiger partial charge is 0.380 e. The van der Waals surface area contributed by atoms with Crippen molar-refractivity contribution in [3.63, 3.8) is 0 Å².